The first kappa shape index (κ1) is 28.7. The summed E-state index contributed by atoms with van der Waals surface area (Å²) >= 11 is 3.17. The minimum absolute atomic E-state index is 0.287. The Hall–Kier alpha value is -1.34. The van der Waals surface area contributed by atoms with Gasteiger partial charge in [-0.2, -0.15) is 11.8 Å². The molecular weight excluding hydrogens is 516 g/mol. The van der Waals surface area contributed by atoms with E-state index in [4.69, 9.17) is 33.4 Å². The fourth-order valence-corrected chi connectivity index (χ4v) is 6.66. The molecule has 3 aliphatic rings. The first-order chi connectivity index (χ1) is 17.4. The van der Waals surface area contributed by atoms with Crippen LogP contribution in [0.25, 0.3) is 0 Å². The summed E-state index contributed by atoms with van der Waals surface area (Å²) in [4.78, 5) is 19.0. The smallest absolute Gasteiger partial charge is 0.416 e. The zero-order valence-corrected chi connectivity index (χ0v) is 24.4. The summed E-state index contributed by atoms with van der Waals surface area (Å²) in [5.41, 5.74) is 0.280. The van der Waals surface area contributed by atoms with Gasteiger partial charge in [0.05, 0.1) is 6.10 Å². The molecular formula is C26H38N2O7S2. The van der Waals surface area contributed by atoms with Crippen LogP contribution in [0.2, 0.25) is 0 Å². The van der Waals surface area contributed by atoms with Gasteiger partial charge in [-0.15, -0.1) is 0 Å². The van der Waals surface area contributed by atoms with E-state index in [1.807, 2.05) is 39.0 Å². The molecule has 2 saturated heterocycles. The Bertz CT molecular complexity index is 991. The number of thioether (sulfide) groups is 2. The highest BCUT2D eigenvalue weighted by atomic mass is 32.2. The SMILES string of the molecule is COC1(C)OC2C(CSCc3ccccc3)OC3SC(N(C)C(=O)OC(C)(C)C)=NC3C2OC1(C)OC. The largest absolute Gasteiger partial charge is 0.443 e. The lowest BCUT2D eigenvalue weighted by atomic mass is 9.94. The fraction of sp³-hybridized carbons (Fsp3) is 0.692. The van der Waals surface area contributed by atoms with Gasteiger partial charge < -0.3 is 28.4 Å². The third kappa shape index (κ3) is 5.98. The number of fused-ring (bicyclic) bond motifs is 3. The van der Waals surface area contributed by atoms with Crippen LogP contribution in [0.4, 0.5) is 4.79 Å². The predicted molar refractivity (Wildman–Crippen MR) is 145 cm³/mol. The van der Waals surface area contributed by atoms with Crippen molar-refractivity contribution >= 4 is 34.8 Å². The van der Waals surface area contributed by atoms with Gasteiger partial charge in [0.15, 0.2) is 5.17 Å². The van der Waals surface area contributed by atoms with Crippen LogP contribution in [0.5, 0.6) is 0 Å². The molecule has 0 aliphatic carbocycles. The topological polar surface area (TPSA) is 88.1 Å². The van der Waals surface area contributed by atoms with Gasteiger partial charge in [0.25, 0.3) is 0 Å². The number of amidine groups is 1. The van der Waals surface area contributed by atoms with E-state index in [0.717, 1.165) is 5.75 Å². The van der Waals surface area contributed by atoms with E-state index in [1.54, 1.807) is 46.9 Å². The van der Waals surface area contributed by atoms with Crippen molar-refractivity contribution < 1.29 is 33.2 Å². The van der Waals surface area contributed by atoms with Gasteiger partial charge in [-0.05, 0) is 40.2 Å². The molecule has 11 heteroatoms. The molecule has 3 aliphatic heterocycles. The number of hydrogen-bond donors (Lipinski definition) is 0. The number of carbonyl (C=O) groups excluding carboxylic acids is 1. The molecule has 4 rings (SSSR count). The Kier molecular flexibility index (Phi) is 8.55. The highest BCUT2D eigenvalue weighted by Crippen LogP contribution is 2.48. The molecule has 0 bridgehead atoms. The quantitative estimate of drug-likeness (QED) is 0.505. The average Bonchev–Trinajstić information content (AvgIpc) is 3.28. The second kappa shape index (κ2) is 11.0. The van der Waals surface area contributed by atoms with Gasteiger partial charge in [0.1, 0.15) is 29.3 Å². The summed E-state index contributed by atoms with van der Waals surface area (Å²) in [6, 6.07) is 9.91. The van der Waals surface area contributed by atoms with Crippen LogP contribution in [-0.4, -0.2) is 90.1 Å². The summed E-state index contributed by atoms with van der Waals surface area (Å²) < 4.78 is 36.8. The second-order valence-corrected chi connectivity index (χ2v) is 12.7. The Labute approximate surface area is 227 Å². The molecule has 37 heavy (non-hydrogen) atoms. The summed E-state index contributed by atoms with van der Waals surface area (Å²) in [7, 11) is 4.80. The molecule has 2 fully saturated rings. The molecule has 1 amide bonds. The second-order valence-electron chi connectivity index (χ2n) is 10.6. The number of amides is 1. The number of aliphatic imine (C=N–C) groups is 1. The van der Waals surface area contributed by atoms with Gasteiger partial charge in [0, 0.05) is 32.8 Å². The van der Waals surface area contributed by atoms with Crippen LogP contribution >= 0.6 is 23.5 Å². The van der Waals surface area contributed by atoms with Gasteiger partial charge >= 0.3 is 6.09 Å². The lowest BCUT2D eigenvalue weighted by Crippen LogP contribution is -2.71. The van der Waals surface area contributed by atoms with Crippen LogP contribution in [-0.2, 0) is 34.2 Å². The van der Waals surface area contributed by atoms with Crippen LogP contribution in [0, 0.1) is 0 Å². The first-order valence-electron chi connectivity index (χ1n) is 12.3. The van der Waals surface area contributed by atoms with Crippen molar-refractivity contribution in [3.8, 4) is 0 Å². The molecule has 7 unspecified atom stereocenters. The van der Waals surface area contributed by atoms with Crippen molar-refractivity contribution in [2.75, 3.05) is 27.0 Å². The number of nitrogens with zero attached hydrogens (tertiary/aromatic N) is 2. The van der Waals surface area contributed by atoms with E-state index < -0.39 is 41.5 Å². The number of benzene rings is 1. The van der Waals surface area contributed by atoms with Gasteiger partial charge in [-0.3, -0.25) is 9.89 Å². The maximum absolute atomic E-state index is 12.7. The van der Waals surface area contributed by atoms with Gasteiger partial charge in [-0.1, -0.05) is 42.1 Å². The van der Waals surface area contributed by atoms with E-state index >= 15 is 0 Å². The van der Waals surface area contributed by atoms with Crippen LogP contribution in [0.3, 0.4) is 0 Å². The zero-order valence-electron chi connectivity index (χ0n) is 22.8. The van der Waals surface area contributed by atoms with E-state index in [-0.39, 0.29) is 11.5 Å². The van der Waals surface area contributed by atoms with E-state index in [2.05, 4.69) is 12.1 Å². The lowest BCUT2D eigenvalue weighted by Gasteiger charge is -2.56. The summed E-state index contributed by atoms with van der Waals surface area (Å²) in [6.07, 6.45) is -1.68. The molecule has 9 nitrogen and oxygen atoms in total. The van der Waals surface area contributed by atoms with E-state index in [9.17, 15) is 4.79 Å². The molecule has 206 valence electrons. The Morgan fingerprint density at radius 1 is 1.11 bits per heavy atom. The molecule has 1 aromatic carbocycles. The van der Waals surface area contributed by atoms with Crippen LogP contribution in [0.15, 0.2) is 35.3 Å². The van der Waals surface area contributed by atoms with E-state index in [0.29, 0.717) is 10.9 Å². The molecule has 3 heterocycles. The highest BCUT2D eigenvalue weighted by Gasteiger charge is 2.63. The number of rotatable bonds is 6. The highest BCUT2D eigenvalue weighted by molar-refractivity contribution is 8.14. The summed E-state index contributed by atoms with van der Waals surface area (Å²) in [6.45, 7) is 9.11. The predicted octanol–water partition coefficient (Wildman–Crippen LogP) is 4.49. The maximum atomic E-state index is 12.7. The maximum Gasteiger partial charge on any atom is 0.416 e. The van der Waals surface area contributed by atoms with Crippen molar-refractivity contribution in [1.82, 2.24) is 4.90 Å². The number of ether oxygens (including phenoxy) is 6. The zero-order chi connectivity index (χ0) is 27.0. The molecule has 1 aromatic rings. The van der Waals surface area contributed by atoms with Crippen LogP contribution in [0.1, 0.15) is 40.2 Å². The van der Waals surface area contributed by atoms with Crippen molar-refractivity contribution in [1.29, 1.82) is 0 Å². The van der Waals surface area contributed by atoms with Crippen molar-refractivity contribution in [3.63, 3.8) is 0 Å². The monoisotopic (exact) mass is 554 g/mol. The van der Waals surface area contributed by atoms with E-state index in [1.165, 1.54) is 22.2 Å². The Morgan fingerprint density at radius 3 is 2.32 bits per heavy atom. The Morgan fingerprint density at radius 2 is 1.73 bits per heavy atom. The minimum Gasteiger partial charge on any atom is -0.443 e. The molecule has 0 radical (unpaired) electrons. The first-order valence-corrected chi connectivity index (χ1v) is 14.4. The molecule has 0 aromatic heterocycles. The van der Waals surface area contributed by atoms with Crippen molar-refractivity contribution in [3.05, 3.63) is 35.9 Å². The summed E-state index contributed by atoms with van der Waals surface area (Å²) in [5, 5.41) is 0.517. The molecule has 0 saturated carbocycles. The fourth-order valence-electron chi connectivity index (χ4n) is 4.44. The lowest BCUT2D eigenvalue weighted by molar-refractivity contribution is -0.462. The molecule has 0 spiro atoms. The molecule has 0 N–H and O–H groups in total. The third-order valence-electron chi connectivity index (χ3n) is 6.77. The number of carbonyl (C=O) groups is 1. The Balaban J connectivity index is 1.56. The van der Waals surface area contributed by atoms with Gasteiger partial charge in [-0.25, -0.2) is 4.79 Å². The standard InChI is InChI=1S/C26H38N2O7S2/c1-24(2,3)35-23(29)28(6)22-27-18-20-19(33-25(4,30-7)26(5,31-8)34-20)17(32-21(18)37-22)15-36-14-16-12-10-9-11-13-16/h9-13,17-21H,14-15H2,1-8H3. The number of hydrogen-bond acceptors (Lipinski definition) is 10. The normalized spacial score (nSPS) is 35.4. The van der Waals surface area contributed by atoms with Crippen molar-refractivity contribution in [2.24, 2.45) is 4.99 Å². The third-order valence-corrected chi connectivity index (χ3v) is 9.08. The number of methoxy groups -OCH3 is 2. The van der Waals surface area contributed by atoms with Crippen molar-refractivity contribution in [2.45, 2.75) is 87.3 Å². The molecule has 7 atom stereocenters. The minimum atomic E-state index is -1.17. The van der Waals surface area contributed by atoms with Crippen LogP contribution < -0.4 is 0 Å². The van der Waals surface area contributed by atoms with Gasteiger partial charge in [0.2, 0.25) is 11.6 Å². The summed E-state index contributed by atoms with van der Waals surface area (Å²) in [5.74, 6) is -0.801. The average molecular weight is 555 g/mol.